The van der Waals surface area contributed by atoms with Crippen LogP contribution in [0.3, 0.4) is 0 Å². The maximum absolute atomic E-state index is 12.3. The molecule has 0 saturated heterocycles. The first-order valence-corrected chi connectivity index (χ1v) is 9.27. The summed E-state index contributed by atoms with van der Waals surface area (Å²) in [5.41, 5.74) is 1.79. The van der Waals surface area contributed by atoms with Gasteiger partial charge in [0.2, 0.25) is 11.9 Å². The number of anilines is 2. The lowest BCUT2D eigenvalue weighted by Gasteiger charge is -2.19. The van der Waals surface area contributed by atoms with Gasteiger partial charge in [0.15, 0.2) is 5.65 Å². The number of benzene rings is 1. The van der Waals surface area contributed by atoms with Crippen molar-refractivity contribution in [1.29, 1.82) is 0 Å². The molecule has 0 spiro atoms. The lowest BCUT2D eigenvalue weighted by atomic mass is 10.1. The molecule has 0 radical (unpaired) electrons. The van der Waals surface area contributed by atoms with E-state index in [4.69, 9.17) is 0 Å². The number of fused-ring (bicyclic) bond motifs is 1. The van der Waals surface area contributed by atoms with E-state index in [1.54, 1.807) is 10.9 Å². The zero-order valence-corrected chi connectivity index (χ0v) is 16.8. The molecule has 28 heavy (non-hydrogen) atoms. The molecule has 2 aromatic heterocycles. The third-order valence-electron chi connectivity index (χ3n) is 4.28. The standard InChI is InChI=1S/C20H26N6O2/c1-12(2)17(27)23-14-8-6-13(7-9-14)10-21-19-24-16-15(18(28)25-19)11-22-26(16)20(3,4)5/h6-9,11-12H,10H2,1-5H3,(H,23,27)(H2,21,24,25,28). The Hall–Kier alpha value is -3.16. The molecule has 8 nitrogen and oxygen atoms in total. The Morgan fingerprint density at radius 1 is 1.21 bits per heavy atom. The van der Waals surface area contributed by atoms with Crippen LogP contribution in [-0.2, 0) is 16.9 Å². The van der Waals surface area contributed by atoms with Crippen molar-refractivity contribution in [3.8, 4) is 0 Å². The van der Waals surface area contributed by atoms with E-state index in [-0.39, 0.29) is 22.9 Å². The summed E-state index contributed by atoms with van der Waals surface area (Å²) in [5.74, 6) is 0.304. The van der Waals surface area contributed by atoms with Crippen LogP contribution >= 0.6 is 0 Å². The zero-order valence-electron chi connectivity index (χ0n) is 16.8. The van der Waals surface area contributed by atoms with Crippen LogP contribution < -0.4 is 16.2 Å². The first-order chi connectivity index (χ1) is 13.1. The molecular weight excluding hydrogens is 356 g/mol. The van der Waals surface area contributed by atoms with E-state index in [0.29, 0.717) is 23.5 Å². The summed E-state index contributed by atoms with van der Waals surface area (Å²) < 4.78 is 1.74. The Kier molecular flexibility index (Phi) is 5.22. The maximum Gasteiger partial charge on any atom is 0.263 e. The number of hydrogen-bond donors (Lipinski definition) is 3. The number of amides is 1. The van der Waals surface area contributed by atoms with Gasteiger partial charge in [-0.2, -0.15) is 10.1 Å². The van der Waals surface area contributed by atoms with Gasteiger partial charge in [-0.25, -0.2) is 4.68 Å². The van der Waals surface area contributed by atoms with Crippen molar-refractivity contribution >= 4 is 28.6 Å². The Labute approximate surface area is 163 Å². The van der Waals surface area contributed by atoms with Crippen LogP contribution in [-0.4, -0.2) is 25.7 Å². The van der Waals surface area contributed by atoms with Crippen LogP contribution in [0.5, 0.6) is 0 Å². The van der Waals surface area contributed by atoms with E-state index in [2.05, 4.69) is 25.7 Å². The van der Waals surface area contributed by atoms with E-state index in [0.717, 1.165) is 11.3 Å². The third kappa shape index (κ3) is 4.21. The van der Waals surface area contributed by atoms with Crippen molar-refractivity contribution in [2.75, 3.05) is 10.6 Å². The normalized spacial score (nSPS) is 11.8. The van der Waals surface area contributed by atoms with Crippen molar-refractivity contribution in [3.63, 3.8) is 0 Å². The highest BCUT2D eigenvalue weighted by Crippen LogP contribution is 2.19. The van der Waals surface area contributed by atoms with Gasteiger partial charge in [0.1, 0.15) is 5.39 Å². The fraction of sp³-hybridized carbons (Fsp3) is 0.400. The Balaban J connectivity index is 1.75. The molecule has 3 N–H and O–H groups in total. The number of hydrogen-bond acceptors (Lipinski definition) is 5. The molecule has 8 heteroatoms. The highest BCUT2D eigenvalue weighted by atomic mass is 16.1. The van der Waals surface area contributed by atoms with E-state index in [9.17, 15) is 9.59 Å². The first-order valence-electron chi connectivity index (χ1n) is 9.27. The molecule has 148 valence electrons. The molecule has 0 fully saturated rings. The Bertz CT molecular complexity index is 1040. The molecule has 0 aliphatic carbocycles. The van der Waals surface area contributed by atoms with Crippen LogP contribution in [0, 0.1) is 5.92 Å². The fourth-order valence-corrected chi connectivity index (χ4v) is 2.67. The van der Waals surface area contributed by atoms with E-state index < -0.39 is 0 Å². The molecular formula is C20H26N6O2. The number of aromatic amines is 1. The summed E-state index contributed by atoms with van der Waals surface area (Å²) in [6, 6.07) is 7.54. The number of H-pyrrole nitrogens is 1. The van der Waals surface area contributed by atoms with Gasteiger partial charge in [-0.15, -0.1) is 0 Å². The van der Waals surface area contributed by atoms with Crippen LogP contribution in [0.4, 0.5) is 11.6 Å². The minimum Gasteiger partial charge on any atom is -0.352 e. The fourth-order valence-electron chi connectivity index (χ4n) is 2.67. The van der Waals surface area contributed by atoms with Crippen LogP contribution in [0.2, 0.25) is 0 Å². The first kappa shape index (κ1) is 19.6. The molecule has 1 amide bonds. The van der Waals surface area contributed by atoms with Gasteiger partial charge in [0.25, 0.3) is 5.56 Å². The molecule has 3 aromatic rings. The average molecular weight is 382 g/mol. The Morgan fingerprint density at radius 3 is 2.50 bits per heavy atom. The minimum atomic E-state index is -0.282. The van der Waals surface area contributed by atoms with E-state index in [1.165, 1.54) is 0 Å². The van der Waals surface area contributed by atoms with Gasteiger partial charge >= 0.3 is 0 Å². The predicted octanol–water partition coefficient (Wildman–Crippen LogP) is 3.08. The molecule has 0 unspecified atom stereocenters. The molecule has 0 atom stereocenters. The smallest absolute Gasteiger partial charge is 0.263 e. The van der Waals surface area contributed by atoms with Crippen molar-refractivity contribution < 1.29 is 4.79 Å². The lowest BCUT2D eigenvalue weighted by molar-refractivity contribution is -0.118. The highest BCUT2D eigenvalue weighted by molar-refractivity contribution is 5.92. The molecule has 0 saturated carbocycles. The number of nitrogens with one attached hydrogen (secondary N) is 3. The lowest BCUT2D eigenvalue weighted by Crippen LogP contribution is -2.24. The monoisotopic (exact) mass is 382 g/mol. The summed E-state index contributed by atoms with van der Waals surface area (Å²) in [5, 5.41) is 10.8. The minimum absolute atomic E-state index is 0.0172. The molecule has 2 heterocycles. The van der Waals surface area contributed by atoms with Gasteiger partial charge in [0.05, 0.1) is 11.7 Å². The number of carbonyl (C=O) groups excluding carboxylic acids is 1. The molecule has 1 aromatic carbocycles. The number of rotatable bonds is 5. The second-order valence-corrected chi connectivity index (χ2v) is 8.07. The zero-order chi connectivity index (χ0) is 20.5. The largest absolute Gasteiger partial charge is 0.352 e. The third-order valence-corrected chi connectivity index (χ3v) is 4.28. The van der Waals surface area contributed by atoms with Crippen molar-refractivity contribution in [3.05, 3.63) is 46.4 Å². The van der Waals surface area contributed by atoms with Crippen LogP contribution in [0.15, 0.2) is 35.3 Å². The summed E-state index contributed by atoms with van der Waals surface area (Å²) in [7, 11) is 0. The van der Waals surface area contributed by atoms with Crippen molar-refractivity contribution in [2.24, 2.45) is 5.92 Å². The SMILES string of the molecule is CC(C)C(=O)Nc1ccc(CNc2nc3c(cnn3C(C)(C)C)c(=O)[nH]2)cc1. The Morgan fingerprint density at radius 2 is 1.89 bits per heavy atom. The second-order valence-electron chi connectivity index (χ2n) is 8.07. The van der Waals surface area contributed by atoms with Gasteiger partial charge in [-0.3, -0.25) is 14.6 Å². The summed E-state index contributed by atoms with van der Waals surface area (Å²) in [6.45, 7) is 10.2. The van der Waals surface area contributed by atoms with Gasteiger partial charge in [-0.1, -0.05) is 26.0 Å². The predicted molar refractivity (Wildman–Crippen MR) is 110 cm³/mol. The summed E-state index contributed by atoms with van der Waals surface area (Å²) in [4.78, 5) is 31.4. The maximum atomic E-state index is 12.3. The quantitative estimate of drug-likeness (QED) is 0.629. The molecule has 0 bridgehead atoms. The topological polar surface area (TPSA) is 105 Å². The second kappa shape index (κ2) is 7.46. The number of aromatic nitrogens is 4. The molecule has 3 rings (SSSR count). The van der Waals surface area contributed by atoms with Crippen molar-refractivity contribution in [2.45, 2.75) is 46.7 Å². The van der Waals surface area contributed by atoms with Gasteiger partial charge < -0.3 is 10.6 Å². The van der Waals surface area contributed by atoms with Crippen molar-refractivity contribution in [1.82, 2.24) is 19.7 Å². The summed E-state index contributed by atoms with van der Waals surface area (Å²) >= 11 is 0. The average Bonchev–Trinajstić information content (AvgIpc) is 3.06. The summed E-state index contributed by atoms with van der Waals surface area (Å²) in [6.07, 6.45) is 1.54. The van der Waals surface area contributed by atoms with E-state index >= 15 is 0 Å². The van der Waals surface area contributed by atoms with Gasteiger partial charge in [-0.05, 0) is 38.5 Å². The highest BCUT2D eigenvalue weighted by Gasteiger charge is 2.19. The van der Waals surface area contributed by atoms with Crippen LogP contribution in [0.25, 0.3) is 11.0 Å². The van der Waals surface area contributed by atoms with Crippen LogP contribution in [0.1, 0.15) is 40.2 Å². The number of carbonyl (C=O) groups is 1. The number of nitrogens with zero attached hydrogens (tertiary/aromatic N) is 3. The van der Waals surface area contributed by atoms with Gasteiger partial charge in [0, 0.05) is 18.2 Å². The molecule has 0 aliphatic rings. The molecule has 0 aliphatic heterocycles. The van der Waals surface area contributed by atoms with E-state index in [1.807, 2.05) is 58.9 Å².